The van der Waals surface area contributed by atoms with Crippen molar-refractivity contribution in [2.24, 2.45) is 0 Å². The summed E-state index contributed by atoms with van der Waals surface area (Å²) in [5, 5.41) is 1.94. The molecule has 1 amide bonds. The van der Waals surface area contributed by atoms with Crippen LogP contribution in [0.15, 0.2) is 41.9 Å². The van der Waals surface area contributed by atoms with E-state index in [0.717, 1.165) is 17.1 Å². The predicted molar refractivity (Wildman–Crippen MR) is 91.4 cm³/mol. The SMILES string of the molecule is O=C(/C=C/c1cccs1)N1CCN(c2ccc(C(F)(F)F)cn2)CC1. The van der Waals surface area contributed by atoms with Gasteiger partial charge in [-0.1, -0.05) is 6.07 Å². The zero-order valence-corrected chi connectivity index (χ0v) is 14.1. The van der Waals surface area contributed by atoms with Gasteiger partial charge in [0.15, 0.2) is 0 Å². The monoisotopic (exact) mass is 367 g/mol. The molecule has 25 heavy (non-hydrogen) atoms. The summed E-state index contributed by atoms with van der Waals surface area (Å²) in [5.41, 5.74) is -0.760. The first-order valence-corrected chi connectivity index (χ1v) is 8.60. The Hall–Kier alpha value is -2.35. The van der Waals surface area contributed by atoms with Crippen LogP contribution >= 0.6 is 11.3 Å². The smallest absolute Gasteiger partial charge is 0.353 e. The Balaban J connectivity index is 1.55. The number of alkyl halides is 3. The number of piperazine rings is 1. The van der Waals surface area contributed by atoms with Crippen LogP contribution < -0.4 is 4.90 Å². The topological polar surface area (TPSA) is 36.4 Å². The zero-order valence-electron chi connectivity index (χ0n) is 13.2. The number of halogens is 3. The maximum atomic E-state index is 12.6. The van der Waals surface area contributed by atoms with Crippen molar-refractivity contribution in [2.45, 2.75) is 6.18 Å². The number of nitrogens with zero attached hydrogens (tertiary/aromatic N) is 3. The minimum absolute atomic E-state index is 0.0616. The van der Waals surface area contributed by atoms with E-state index in [1.165, 1.54) is 6.07 Å². The van der Waals surface area contributed by atoms with Gasteiger partial charge in [0.25, 0.3) is 0 Å². The molecule has 3 heterocycles. The molecule has 1 aliphatic heterocycles. The number of carbonyl (C=O) groups excluding carboxylic acids is 1. The third kappa shape index (κ3) is 4.39. The lowest BCUT2D eigenvalue weighted by atomic mass is 10.2. The van der Waals surface area contributed by atoms with Crippen LogP contribution in [0.2, 0.25) is 0 Å². The van der Waals surface area contributed by atoms with E-state index in [2.05, 4.69) is 4.98 Å². The average molecular weight is 367 g/mol. The summed E-state index contributed by atoms with van der Waals surface area (Å²) in [6.07, 6.45) is -0.198. The van der Waals surface area contributed by atoms with E-state index in [-0.39, 0.29) is 5.91 Å². The molecule has 0 spiro atoms. The molecule has 0 atom stereocenters. The van der Waals surface area contributed by atoms with Gasteiger partial charge in [-0.05, 0) is 29.7 Å². The van der Waals surface area contributed by atoms with E-state index in [1.54, 1.807) is 28.4 Å². The Labute approximate surface area is 147 Å². The van der Waals surface area contributed by atoms with Crippen LogP contribution in [0.4, 0.5) is 19.0 Å². The quantitative estimate of drug-likeness (QED) is 0.779. The van der Waals surface area contributed by atoms with Crippen LogP contribution in [0.1, 0.15) is 10.4 Å². The number of hydrogen-bond donors (Lipinski definition) is 0. The second-order valence-corrected chi connectivity index (χ2v) is 6.54. The summed E-state index contributed by atoms with van der Waals surface area (Å²) in [6.45, 7) is 2.10. The first-order valence-electron chi connectivity index (χ1n) is 7.72. The first kappa shape index (κ1) is 17.5. The molecule has 0 saturated carbocycles. The number of rotatable bonds is 3. The number of hydrogen-bond acceptors (Lipinski definition) is 4. The molecular formula is C17H16F3N3OS. The first-order chi connectivity index (χ1) is 11.9. The van der Waals surface area contributed by atoms with Gasteiger partial charge in [0.05, 0.1) is 5.56 Å². The van der Waals surface area contributed by atoms with Gasteiger partial charge in [-0.25, -0.2) is 4.98 Å². The minimum Gasteiger partial charge on any atom is -0.353 e. The summed E-state index contributed by atoms with van der Waals surface area (Å²) in [7, 11) is 0. The van der Waals surface area contributed by atoms with Crippen LogP contribution in [0.5, 0.6) is 0 Å². The van der Waals surface area contributed by atoms with Crippen molar-refractivity contribution in [2.75, 3.05) is 31.1 Å². The Morgan fingerprint density at radius 3 is 2.48 bits per heavy atom. The lowest BCUT2D eigenvalue weighted by molar-refractivity contribution is -0.137. The van der Waals surface area contributed by atoms with Crippen LogP contribution in [0.25, 0.3) is 6.08 Å². The van der Waals surface area contributed by atoms with Gasteiger partial charge in [-0.2, -0.15) is 13.2 Å². The second kappa shape index (κ2) is 7.26. The van der Waals surface area contributed by atoms with Crippen molar-refractivity contribution >= 4 is 29.1 Å². The molecule has 0 N–H and O–H groups in total. The van der Waals surface area contributed by atoms with Gasteiger partial charge in [0.2, 0.25) is 5.91 Å². The molecule has 1 saturated heterocycles. The summed E-state index contributed by atoms with van der Waals surface area (Å²) in [5.74, 6) is 0.433. The highest BCUT2D eigenvalue weighted by molar-refractivity contribution is 7.10. The minimum atomic E-state index is -4.38. The molecule has 0 unspecified atom stereocenters. The fourth-order valence-electron chi connectivity index (χ4n) is 2.54. The fourth-order valence-corrected chi connectivity index (χ4v) is 3.16. The van der Waals surface area contributed by atoms with Crippen LogP contribution in [0.3, 0.4) is 0 Å². The second-order valence-electron chi connectivity index (χ2n) is 5.56. The van der Waals surface area contributed by atoms with Crippen LogP contribution in [0, 0.1) is 0 Å². The molecule has 3 rings (SSSR count). The number of aromatic nitrogens is 1. The van der Waals surface area contributed by atoms with Crippen molar-refractivity contribution in [3.8, 4) is 0 Å². The summed E-state index contributed by atoms with van der Waals surface area (Å²) in [6, 6.07) is 6.26. The van der Waals surface area contributed by atoms with E-state index in [1.807, 2.05) is 22.4 Å². The van der Waals surface area contributed by atoms with Crippen molar-refractivity contribution in [1.29, 1.82) is 0 Å². The van der Waals surface area contributed by atoms with E-state index >= 15 is 0 Å². The molecular weight excluding hydrogens is 351 g/mol. The molecule has 132 valence electrons. The maximum Gasteiger partial charge on any atom is 0.417 e. The fraction of sp³-hybridized carbons (Fsp3) is 0.294. The predicted octanol–water partition coefficient (Wildman–Crippen LogP) is 3.52. The van der Waals surface area contributed by atoms with Gasteiger partial charge < -0.3 is 9.80 Å². The normalized spacial score (nSPS) is 15.8. The largest absolute Gasteiger partial charge is 0.417 e. The van der Waals surface area contributed by atoms with Gasteiger partial charge in [-0.3, -0.25) is 4.79 Å². The highest BCUT2D eigenvalue weighted by Crippen LogP contribution is 2.29. The van der Waals surface area contributed by atoms with E-state index < -0.39 is 11.7 Å². The number of thiophene rings is 1. The number of anilines is 1. The average Bonchev–Trinajstić information content (AvgIpc) is 3.13. The number of pyridine rings is 1. The molecule has 2 aromatic heterocycles. The van der Waals surface area contributed by atoms with Crippen molar-refractivity contribution in [3.05, 3.63) is 52.4 Å². The number of carbonyl (C=O) groups is 1. The molecule has 4 nitrogen and oxygen atoms in total. The Kier molecular flexibility index (Phi) is 5.08. The van der Waals surface area contributed by atoms with E-state index in [9.17, 15) is 18.0 Å². The van der Waals surface area contributed by atoms with E-state index in [0.29, 0.717) is 32.0 Å². The van der Waals surface area contributed by atoms with Gasteiger partial charge in [-0.15, -0.1) is 11.3 Å². The van der Waals surface area contributed by atoms with Crippen molar-refractivity contribution in [3.63, 3.8) is 0 Å². The molecule has 0 aliphatic carbocycles. The molecule has 2 aromatic rings. The lowest BCUT2D eigenvalue weighted by Gasteiger charge is -2.35. The summed E-state index contributed by atoms with van der Waals surface area (Å²) >= 11 is 1.56. The zero-order chi connectivity index (χ0) is 17.9. The van der Waals surface area contributed by atoms with Gasteiger partial charge in [0.1, 0.15) is 5.82 Å². The van der Waals surface area contributed by atoms with Gasteiger partial charge in [0, 0.05) is 43.3 Å². The van der Waals surface area contributed by atoms with Crippen LogP contribution in [-0.2, 0) is 11.0 Å². The van der Waals surface area contributed by atoms with Crippen molar-refractivity contribution < 1.29 is 18.0 Å². The molecule has 0 radical (unpaired) electrons. The van der Waals surface area contributed by atoms with Crippen LogP contribution in [-0.4, -0.2) is 42.0 Å². The Bertz CT molecular complexity index is 733. The molecule has 8 heteroatoms. The highest BCUT2D eigenvalue weighted by atomic mass is 32.1. The lowest BCUT2D eigenvalue weighted by Crippen LogP contribution is -2.48. The molecule has 0 aromatic carbocycles. The number of amides is 1. The maximum absolute atomic E-state index is 12.6. The molecule has 1 aliphatic rings. The third-order valence-electron chi connectivity index (χ3n) is 3.92. The summed E-state index contributed by atoms with van der Waals surface area (Å²) < 4.78 is 37.7. The van der Waals surface area contributed by atoms with Crippen molar-refractivity contribution in [1.82, 2.24) is 9.88 Å². The molecule has 0 bridgehead atoms. The molecule has 1 fully saturated rings. The highest BCUT2D eigenvalue weighted by Gasteiger charge is 2.31. The standard InChI is InChI=1S/C17H16F3N3OS/c18-17(19,20)13-3-5-15(21-12-13)22-7-9-23(10-8-22)16(24)6-4-14-2-1-11-25-14/h1-6,11-12H,7-10H2/b6-4+. The van der Waals surface area contributed by atoms with Gasteiger partial charge >= 0.3 is 6.18 Å². The Morgan fingerprint density at radius 1 is 1.16 bits per heavy atom. The van der Waals surface area contributed by atoms with E-state index in [4.69, 9.17) is 0 Å². The summed E-state index contributed by atoms with van der Waals surface area (Å²) in [4.78, 5) is 20.7. The third-order valence-corrected chi connectivity index (χ3v) is 4.76. The Morgan fingerprint density at radius 2 is 1.92 bits per heavy atom.